The molecule has 1 unspecified atom stereocenters. The molecule has 1 aliphatic heterocycles. The summed E-state index contributed by atoms with van der Waals surface area (Å²) in [6.45, 7) is -0.194. The number of carbonyl (C=O) groups excluding carboxylic acids is 3. The molecule has 0 aromatic heterocycles. The van der Waals surface area contributed by atoms with E-state index >= 15 is 0 Å². The van der Waals surface area contributed by atoms with Crippen molar-refractivity contribution in [3.05, 3.63) is 23.8 Å². The van der Waals surface area contributed by atoms with Crippen LogP contribution in [-0.2, 0) is 14.3 Å². The minimum Gasteiger partial charge on any atom is -0.493 e. The quantitative estimate of drug-likeness (QED) is 0.452. The van der Waals surface area contributed by atoms with Crippen LogP contribution in [0.1, 0.15) is 10.4 Å². The first-order chi connectivity index (χ1) is 9.10. The van der Waals surface area contributed by atoms with Gasteiger partial charge in [0.25, 0.3) is 5.78 Å². The maximum atomic E-state index is 12.2. The van der Waals surface area contributed by atoms with E-state index in [1.165, 1.54) is 13.2 Å². The molecule has 0 fully saturated rings. The fourth-order valence-corrected chi connectivity index (χ4v) is 1.89. The molecule has 0 saturated heterocycles. The third kappa shape index (κ3) is 2.16. The summed E-state index contributed by atoms with van der Waals surface area (Å²) in [6.07, 6.45) is 0. The highest BCUT2D eigenvalue weighted by atomic mass is 16.5. The first kappa shape index (κ1) is 13.1. The Balaban J connectivity index is 2.35. The predicted octanol–water partition coefficient (Wildman–Crippen LogP) is 0.629. The van der Waals surface area contributed by atoms with E-state index in [2.05, 4.69) is 4.74 Å². The number of methoxy groups -OCH3 is 2. The summed E-state index contributed by atoms with van der Waals surface area (Å²) in [4.78, 5) is 35.1. The van der Waals surface area contributed by atoms with Crippen molar-refractivity contribution < 1.29 is 28.6 Å². The Bertz CT molecular complexity index is 548. The largest absolute Gasteiger partial charge is 0.493 e. The molecule has 1 aromatic carbocycles. The zero-order valence-electron chi connectivity index (χ0n) is 10.5. The molecular formula is C13H12O6. The molecule has 0 bridgehead atoms. The number of para-hydroxylation sites is 1. The lowest BCUT2D eigenvalue weighted by atomic mass is 9.91. The van der Waals surface area contributed by atoms with Crippen LogP contribution >= 0.6 is 0 Å². The second kappa shape index (κ2) is 5.09. The number of benzene rings is 1. The van der Waals surface area contributed by atoms with E-state index in [4.69, 9.17) is 9.47 Å². The Morgan fingerprint density at radius 1 is 1.32 bits per heavy atom. The zero-order valence-corrected chi connectivity index (χ0v) is 10.5. The highest BCUT2D eigenvalue weighted by Gasteiger charge is 2.39. The summed E-state index contributed by atoms with van der Waals surface area (Å²) in [6, 6.07) is 4.79. The van der Waals surface area contributed by atoms with Crippen molar-refractivity contribution in [1.82, 2.24) is 0 Å². The summed E-state index contributed by atoms with van der Waals surface area (Å²) in [5, 5.41) is 0. The predicted molar refractivity (Wildman–Crippen MR) is 63.3 cm³/mol. The second-order valence-electron chi connectivity index (χ2n) is 3.92. The molecule has 0 amide bonds. The van der Waals surface area contributed by atoms with E-state index in [9.17, 15) is 14.4 Å². The minimum atomic E-state index is -1.16. The van der Waals surface area contributed by atoms with Gasteiger partial charge in [-0.3, -0.25) is 9.59 Å². The van der Waals surface area contributed by atoms with Crippen LogP contribution in [0.5, 0.6) is 11.5 Å². The molecule has 0 N–H and O–H groups in total. The molecule has 0 radical (unpaired) electrons. The molecule has 6 nitrogen and oxygen atoms in total. The zero-order chi connectivity index (χ0) is 14.0. The Hall–Kier alpha value is -2.37. The van der Waals surface area contributed by atoms with E-state index < -0.39 is 23.5 Å². The van der Waals surface area contributed by atoms with Crippen LogP contribution in [0.4, 0.5) is 0 Å². The lowest BCUT2D eigenvalue weighted by molar-refractivity contribution is -0.153. The SMILES string of the molecule is COC(=O)C(=O)C1COc2c(OC)cccc2C1=O. The monoisotopic (exact) mass is 264 g/mol. The number of ketones is 2. The molecule has 0 aliphatic carbocycles. The molecule has 1 aliphatic rings. The Labute approximate surface area is 109 Å². The van der Waals surface area contributed by atoms with Crippen molar-refractivity contribution in [1.29, 1.82) is 0 Å². The van der Waals surface area contributed by atoms with E-state index in [1.54, 1.807) is 12.1 Å². The van der Waals surface area contributed by atoms with E-state index in [1.807, 2.05) is 0 Å². The molecule has 100 valence electrons. The standard InChI is InChI=1S/C13H12O6/c1-17-9-5-3-4-7-10(14)8(6-19-12(7)9)11(15)13(16)18-2/h3-5,8H,6H2,1-2H3. The lowest BCUT2D eigenvalue weighted by Crippen LogP contribution is -2.38. The van der Waals surface area contributed by atoms with Gasteiger partial charge in [-0.1, -0.05) is 6.07 Å². The van der Waals surface area contributed by atoms with Gasteiger partial charge in [0, 0.05) is 0 Å². The van der Waals surface area contributed by atoms with Gasteiger partial charge in [-0.15, -0.1) is 0 Å². The summed E-state index contributed by atoms with van der Waals surface area (Å²) >= 11 is 0. The number of hydrogen-bond acceptors (Lipinski definition) is 6. The van der Waals surface area contributed by atoms with Crippen LogP contribution in [0.25, 0.3) is 0 Å². The number of esters is 1. The lowest BCUT2D eigenvalue weighted by Gasteiger charge is -2.23. The summed E-state index contributed by atoms with van der Waals surface area (Å²) in [7, 11) is 2.54. The first-order valence-corrected chi connectivity index (χ1v) is 5.56. The molecule has 19 heavy (non-hydrogen) atoms. The number of fused-ring (bicyclic) bond motifs is 1. The number of hydrogen-bond donors (Lipinski definition) is 0. The van der Waals surface area contributed by atoms with Crippen molar-refractivity contribution in [2.45, 2.75) is 0 Å². The van der Waals surface area contributed by atoms with Gasteiger partial charge >= 0.3 is 5.97 Å². The van der Waals surface area contributed by atoms with Crippen LogP contribution < -0.4 is 9.47 Å². The van der Waals surface area contributed by atoms with Crippen LogP contribution in [0.3, 0.4) is 0 Å². The van der Waals surface area contributed by atoms with Crippen LogP contribution in [-0.4, -0.2) is 38.4 Å². The first-order valence-electron chi connectivity index (χ1n) is 5.56. The van der Waals surface area contributed by atoms with Gasteiger partial charge in [-0.05, 0) is 12.1 Å². The number of rotatable bonds is 3. The number of carbonyl (C=O) groups is 3. The highest BCUT2D eigenvalue weighted by Crippen LogP contribution is 2.36. The van der Waals surface area contributed by atoms with Gasteiger partial charge in [0.05, 0.1) is 19.8 Å². The normalized spacial score (nSPS) is 17.2. The van der Waals surface area contributed by atoms with Crippen molar-refractivity contribution in [2.75, 3.05) is 20.8 Å². The van der Waals surface area contributed by atoms with Gasteiger partial charge in [-0.2, -0.15) is 0 Å². The molecular weight excluding hydrogens is 252 g/mol. The molecule has 1 atom stereocenters. The average molecular weight is 264 g/mol. The van der Waals surface area contributed by atoms with E-state index in [-0.39, 0.29) is 12.2 Å². The summed E-state index contributed by atoms with van der Waals surface area (Å²) in [5.41, 5.74) is 0.229. The second-order valence-corrected chi connectivity index (χ2v) is 3.92. The highest BCUT2D eigenvalue weighted by molar-refractivity contribution is 6.39. The summed E-state index contributed by atoms with van der Waals surface area (Å²) < 4.78 is 14.8. The molecule has 2 rings (SSSR count). The molecule has 6 heteroatoms. The maximum absolute atomic E-state index is 12.2. The fourth-order valence-electron chi connectivity index (χ4n) is 1.89. The minimum absolute atomic E-state index is 0.194. The number of Topliss-reactive ketones (excluding diaryl/α,β-unsaturated/α-hetero) is 2. The summed E-state index contributed by atoms with van der Waals surface area (Å²) in [5.74, 6) is -2.87. The average Bonchev–Trinajstić information content (AvgIpc) is 2.45. The van der Waals surface area contributed by atoms with Crippen LogP contribution in [0, 0.1) is 5.92 Å². The van der Waals surface area contributed by atoms with Crippen LogP contribution in [0.15, 0.2) is 18.2 Å². The third-order valence-corrected chi connectivity index (χ3v) is 2.88. The van der Waals surface area contributed by atoms with Gasteiger partial charge in [0.2, 0.25) is 0 Å². The van der Waals surface area contributed by atoms with Crippen molar-refractivity contribution in [3.8, 4) is 11.5 Å². The Morgan fingerprint density at radius 3 is 2.68 bits per heavy atom. The molecule has 0 spiro atoms. The Kier molecular flexibility index (Phi) is 3.50. The number of ether oxygens (including phenoxy) is 3. The van der Waals surface area contributed by atoms with E-state index in [0.717, 1.165) is 7.11 Å². The van der Waals surface area contributed by atoms with Gasteiger partial charge in [-0.25, -0.2) is 4.79 Å². The van der Waals surface area contributed by atoms with Crippen molar-refractivity contribution in [2.24, 2.45) is 5.92 Å². The fraction of sp³-hybridized carbons (Fsp3) is 0.308. The molecule has 1 aromatic rings. The topological polar surface area (TPSA) is 78.9 Å². The smallest absolute Gasteiger partial charge is 0.375 e. The van der Waals surface area contributed by atoms with Gasteiger partial charge in [0.15, 0.2) is 17.3 Å². The maximum Gasteiger partial charge on any atom is 0.375 e. The molecule has 1 heterocycles. The van der Waals surface area contributed by atoms with Crippen molar-refractivity contribution in [3.63, 3.8) is 0 Å². The Morgan fingerprint density at radius 2 is 2.05 bits per heavy atom. The van der Waals surface area contributed by atoms with Gasteiger partial charge < -0.3 is 14.2 Å². The molecule has 0 saturated carbocycles. The van der Waals surface area contributed by atoms with E-state index in [0.29, 0.717) is 11.5 Å². The van der Waals surface area contributed by atoms with Crippen LogP contribution in [0.2, 0.25) is 0 Å². The van der Waals surface area contributed by atoms with Gasteiger partial charge in [0.1, 0.15) is 12.5 Å². The third-order valence-electron chi connectivity index (χ3n) is 2.88. The van der Waals surface area contributed by atoms with Crippen molar-refractivity contribution >= 4 is 17.5 Å².